The van der Waals surface area contributed by atoms with Crippen LogP contribution in [0.3, 0.4) is 0 Å². The number of halogens is 2. The van der Waals surface area contributed by atoms with Crippen molar-refractivity contribution in [1.29, 1.82) is 0 Å². The Morgan fingerprint density at radius 3 is 3.00 bits per heavy atom. The second-order valence-corrected chi connectivity index (χ2v) is 3.74. The lowest BCUT2D eigenvalue weighted by Gasteiger charge is -1.95. The Bertz CT molecular complexity index is 436. The maximum absolute atomic E-state index is 5.84. The molecule has 0 N–H and O–H groups in total. The molecule has 0 atom stereocenters. The van der Waals surface area contributed by atoms with Gasteiger partial charge in [0.05, 0.1) is 10.5 Å². The zero-order valence-corrected chi connectivity index (χ0v) is 8.72. The molecule has 2 rings (SSSR count). The van der Waals surface area contributed by atoms with E-state index in [0.717, 1.165) is 21.0 Å². The highest BCUT2D eigenvalue weighted by molar-refractivity contribution is 9.10. The molecule has 0 saturated heterocycles. The summed E-state index contributed by atoms with van der Waals surface area (Å²) >= 11 is 9.20. The number of pyridine rings is 1. The van der Waals surface area contributed by atoms with Gasteiger partial charge in [-0.15, -0.1) is 0 Å². The molecule has 12 heavy (non-hydrogen) atoms. The van der Waals surface area contributed by atoms with Crippen molar-refractivity contribution in [3.8, 4) is 0 Å². The van der Waals surface area contributed by atoms with E-state index in [1.165, 1.54) is 0 Å². The van der Waals surface area contributed by atoms with E-state index in [-0.39, 0.29) is 0 Å². The minimum Gasteiger partial charge on any atom is -0.301 e. The lowest BCUT2D eigenvalue weighted by molar-refractivity contribution is 1.04. The Morgan fingerprint density at radius 2 is 2.25 bits per heavy atom. The van der Waals surface area contributed by atoms with Crippen molar-refractivity contribution in [2.45, 2.75) is 6.92 Å². The number of rotatable bonds is 0. The summed E-state index contributed by atoms with van der Waals surface area (Å²) in [6.07, 6.45) is 1.85. The third kappa shape index (κ3) is 1.13. The van der Waals surface area contributed by atoms with Gasteiger partial charge in [0.2, 0.25) is 0 Å². The molecule has 2 nitrogen and oxygen atoms in total. The molecule has 0 spiro atoms. The van der Waals surface area contributed by atoms with Gasteiger partial charge in [-0.05, 0) is 35.0 Å². The van der Waals surface area contributed by atoms with Crippen LogP contribution in [0.1, 0.15) is 5.82 Å². The van der Waals surface area contributed by atoms with Gasteiger partial charge in [0.15, 0.2) is 0 Å². The molecule has 0 aliphatic carbocycles. The predicted octanol–water partition coefficient (Wildman–Crippen LogP) is 3.06. The maximum atomic E-state index is 5.84. The largest absolute Gasteiger partial charge is 0.301 e. The van der Waals surface area contributed by atoms with Crippen molar-refractivity contribution in [1.82, 2.24) is 9.38 Å². The van der Waals surface area contributed by atoms with Gasteiger partial charge in [0.1, 0.15) is 10.4 Å². The summed E-state index contributed by atoms with van der Waals surface area (Å²) in [6.45, 7) is 1.94. The quantitative estimate of drug-likeness (QED) is 0.697. The van der Waals surface area contributed by atoms with Crippen molar-refractivity contribution in [2.75, 3.05) is 0 Å². The Balaban J connectivity index is 2.90. The molecule has 0 amide bonds. The highest BCUT2D eigenvalue weighted by Crippen LogP contribution is 2.20. The molecule has 0 radical (unpaired) electrons. The minimum absolute atomic E-state index is 0.718. The first kappa shape index (κ1) is 8.08. The molecular weight excluding hydrogens is 239 g/mol. The molecule has 0 unspecified atom stereocenters. The van der Waals surface area contributed by atoms with E-state index in [4.69, 9.17) is 11.6 Å². The van der Waals surface area contributed by atoms with E-state index in [0.29, 0.717) is 0 Å². The first-order valence-electron chi connectivity index (χ1n) is 3.48. The summed E-state index contributed by atoms with van der Waals surface area (Å²) in [7, 11) is 0. The Hall–Kier alpha value is -0.540. The molecular formula is C8H6BrClN2. The SMILES string of the molecule is Cc1nc(Br)c2ccc(Cl)cn12. The molecule has 4 heteroatoms. The molecule has 0 bridgehead atoms. The number of imidazole rings is 1. The van der Waals surface area contributed by atoms with Crippen LogP contribution in [0.25, 0.3) is 5.52 Å². The number of aryl methyl sites for hydroxylation is 1. The summed E-state index contributed by atoms with van der Waals surface area (Å²) in [4.78, 5) is 4.25. The van der Waals surface area contributed by atoms with Crippen LogP contribution in [0.4, 0.5) is 0 Å². The molecule has 0 fully saturated rings. The van der Waals surface area contributed by atoms with Crippen molar-refractivity contribution in [3.63, 3.8) is 0 Å². The second kappa shape index (κ2) is 2.75. The molecule has 0 aromatic carbocycles. The van der Waals surface area contributed by atoms with Crippen LogP contribution in [0.5, 0.6) is 0 Å². The lowest BCUT2D eigenvalue weighted by Crippen LogP contribution is -1.85. The van der Waals surface area contributed by atoms with Gasteiger partial charge in [0.25, 0.3) is 0 Å². The van der Waals surface area contributed by atoms with Crippen LogP contribution in [0.15, 0.2) is 22.9 Å². The van der Waals surface area contributed by atoms with Gasteiger partial charge >= 0.3 is 0 Å². The molecule has 62 valence electrons. The van der Waals surface area contributed by atoms with E-state index in [2.05, 4.69) is 20.9 Å². The van der Waals surface area contributed by atoms with Crippen LogP contribution < -0.4 is 0 Å². The van der Waals surface area contributed by atoms with Crippen molar-refractivity contribution in [3.05, 3.63) is 33.8 Å². The molecule has 0 aliphatic heterocycles. The van der Waals surface area contributed by atoms with Gasteiger partial charge in [-0.25, -0.2) is 4.98 Å². The van der Waals surface area contributed by atoms with Gasteiger partial charge in [-0.2, -0.15) is 0 Å². The minimum atomic E-state index is 0.718. The van der Waals surface area contributed by atoms with Crippen LogP contribution in [0.2, 0.25) is 5.02 Å². The summed E-state index contributed by atoms with van der Waals surface area (Å²) in [5, 5.41) is 0.718. The lowest BCUT2D eigenvalue weighted by atomic mass is 10.4. The monoisotopic (exact) mass is 244 g/mol. The van der Waals surface area contributed by atoms with E-state index < -0.39 is 0 Å². The average Bonchev–Trinajstić information content (AvgIpc) is 2.28. The first-order valence-corrected chi connectivity index (χ1v) is 4.65. The molecule has 2 heterocycles. The fraction of sp³-hybridized carbons (Fsp3) is 0.125. The Morgan fingerprint density at radius 1 is 1.50 bits per heavy atom. The van der Waals surface area contributed by atoms with Crippen LogP contribution in [-0.2, 0) is 0 Å². The molecule has 0 saturated carbocycles. The highest BCUT2D eigenvalue weighted by atomic mass is 79.9. The van der Waals surface area contributed by atoms with Gasteiger partial charge in [-0.3, -0.25) is 0 Å². The summed E-state index contributed by atoms with van der Waals surface area (Å²) in [5.41, 5.74) is 1.04. The highest BCUT2D eigenvalue weighted by Gasteiger charge is 2.04. The molecule has 2 aromatic heterocycles. The van der Waals surface area contributed by atoms with E-state index in [1.807, 2.05) is 29.7 Å². The first-order chi connectivity index (χ1) is 5.68. The van der Waals surface area contributed by atoms with E-state index >= 15 is 0 Å². The smallest absolute Gasteiger partial charge is 0.132 e. The molecule has 2 aromatic rings. The Labute approximate surface area is 83.3 Å². The fourth-order valence-electron chi connectivity index (χ4n) is 1.16. The number of aromatic nitrogens is 2. The van der Waals surface area contributed by atoms with Crippen molar-refractivity contribution >= 4 is 33.0 Å². The second-order valence-electron chi connectivity index (χ2n) is 2.55. The molecule has 0 aliphatic rings. The zero-order chi connectivity index (χ0) is 8.72. The van der Waals surface area contributed by atoms with Gasteiger partial charge < -0.3 is 4.40 Å². The summed E-state index contributed by atoms with van der Waals surface area (Å²) < 4.78 is 2.81. The standard InChI is InChI=1S/C8H6BrClN2/c1-5-11-8(9)7-3-2-6(10)4-12(5)7/h2-4H,1H3. The number of hydrogen-bond donors (Lipinski definition) is 0. The van der Waals surface area contributed by atoms with E-state index in [9.17, 15) is 0 Å². The third-order valence-electron chi connectivity index (χ3n) is 1.73. The van der Waals surface area contributed by atoms with Crippen LogP contribution >= 0.6 is 27.5 Å². The predicted molar refractivity (Wildman–Crippen MR) is 52.6 cm³/mol. The van der Waals surface area contributed by atoms with Gasteiger partial charge in [0, 0.05) is 6.20 Å². The van der Waals surface area contributed by atoms with Crippen molar-refractivity contribution in [2.24, 2.45) is 0 Å². The number of hydrogen-bond acceptors (Lipinski definition) is 1. The number of fused-ring (bicyclic) bond motifs is 1. The zero-order valence-electron chi connectivity index (χ0n) is 6.38. The maximum Gasteiger partial charge on any atom is 0.132 e. The van der Waals surface area contributed by atoms with Gasteiger partial charge in [-0.1, -0.05) is 11.6 Å². The van der Waals surface area contributed by atoms with Crippen LogP contribution in [-0.4, -0.2) is 9.38 Å². The van der Waals surface area contributed by atoms with E-state index in [1.54, 1.807) is 0 Å². The topological polar surface area (TPSA) is 17.3 Å². The fourth-order valence-corrected chi connectivity index (χ4v) is 1.90. The normalized spacial score (nSPS) is 10.9. The third-order valence-corrected chi connectivity index (χ3v) is 2.54. The number of nitrogens with zero attached hydrogens (tertiary/aromatic N) is 2. The Kier molecular flexibility index (Phi) is 1.85. The summed E-state index contributed by atoms with van der Waals surface area (Å²) in [6, 6.07) is 3.79. The van der Waals surface area contributed by atoms with Crippen molar-refractivity contribution < 1.29 is 0 Å². The average molecular weight is 246 g/mol. The summed E-state index contributed by atoms with van der Waals surface area (Å²) in [5.74, 6) is 0.930. The van der Waals surface area contributed by atoms with Crippen LogP contribution in [0, 0.1) is 6.92 Å².